The maximum absolute atomic E-state index is 6.55. The van der Waals surface area contributed by atoms with E-state index in [1.165, 1.54) is 75.3 Å². The maximum atomic E-state index is 6.55. The lowest BCUT2D eigenvalue weighted by molar-refractivity contribution is -0.122. The van der Waals surface area contributed by atoms with Gasteiger partial charge in [0.25, 0.3) is 0 Å². The van der Waals surface area contributed by atoms with Crippen molar-refractivity contribution in [1.82, 2.24) is 0 Å². The van der Waals surface area contributed by atoms with Gasteiger partial charge >= 0.3 is 0 Å². The van der Waals surface area contributed by atoms with Gasteiger partial charge in [-0.15, -0.1) is 0 Å². The second-order valence-corrected chi connectivity index (χ2v) is 18.5. The van der Waals surface area contributed by atoms with Crippen LogP contribution in [0.25, 0.3) is 0 Å². The normalized spacial score (nSPS) is 31.9. The molecule has 3 aromatic rings. The fourth-order valence-corrected chi connectivity index (χ4v) is 12.8. The number of anilines is 1. The van der Waals surface area contributed by atoms with E-state index >= 15 is 0 Å². The largest absolute Gasteiger partial charge is 0.458 e. The van der Waals surface area contributed by atoms with Gasteiger partial charge in [0.2, 0.25) is 0 Å². The number of allylic oxidation sites excluding steroid dienone is 3. The SMILES string of the molecule is CC.CC/C=C(\C=C(/C)N)Oc1cccc(C2(c3cccc(Oc4cccc(N)c4)c3)CCC3(C)C(CCC4C3CCC3(C)C(C(C)CCCC)CCC43)C2)c1. The zero-order valence-corrected chi connectivity index (χ0v) is 36.2. The number of nitrogens with two attached hydrogens (primary N) is 2. The Morgan fingerprint density at radius 3 is 2.14 bits per heavy atom. The average Bonchev–Trinajstić information content (AvgIpc) is 3.55. The highest BCUT2D eigenvalue weighted by molar-refractivity contribution is 5.49. The summed E-state index contributed by atoms with van der Waals surface area (Å²) in [5.41, 5.74) is 17.1. The molecule has 0 amide bonds. The van der Waals surface area contributed by atoms with Crippen LogP contribution < -0.4 is 20.9 Å². The molecule has 0 spiro atoms. The number of rotatable bonds is 12. The minimum atomic E-state index is -0.157. The van der Waals surface area contributed by atoms with Crippen LogP contribution in [0.2, 0.25) is 0 Å². The fraction of sp³-hybridized carbons (Fsp3) is 0.577. The highest BCUT2D eigenvalue weighted by Crippen LogP contribution is 2.70. The molecular formula is C52H74N2O2. The first-order valence-electron chi connectivity index (χ1n) is 22.6. The third-order valence-electron chi connectivity index (χ3n) is 15.4. The topological polar surface area (TPSA) is 70.5 Å². The molecule has 9 atom stereocenters. The van der Waals surface area contributed by atoms with E-state index in [1.54, 1.807) is 0 Å². The molecule has 3 aromatic carbocycles. The Morgan fingerprint density at radius 1 is 0.804 bits per heavy atom. The standard InChI is InChI=1S/C50H68N2O2.C2H6/c1-7-9-14-34(3)45-23-24-46-44-22-21-38-33-50(28-27-48(38,5)47(44)25-26-49(45,46)6,36-15-10-18-41(30-36)53-40(13-8-2)29-35(4)51)37-16-11-19-42(31-37)54-43-20-12-17-39(52)32-43;1-2/h10-13,15-20,29-32,34,38,44-47H,7-9,14,21-28,33,51-52H2,1-6H3;1-2H3/b35-29+,40-13+;. The second kappa shape index (κ2) is 17.9. The third kappa shape index (κ3) is 8.32. The Morgan fingerprint density at radius 2 is 1.46 bits per heavy atom. The van der Waals surface area contributed by atoms with Crippen molar-refractivity contribution in [3.8, 4) is 17.2 Å². The number of unbranched alkanes of at least 4 members (excludes halogenated alkanes) is 1. The highest BCUT2D eigenvalue weighted by Gasteiger charge is 2.62. The van der Waals surface area contributed by atoms with Crippen molar-refractivity contribution in [2.75, 3.05) is 5.73 Å². The molecule has 4 fully saturated rings. The molecule has 56 heavy (non-hydrogen) atoms. The summed E-state index contributed by atoms with van der Waals surface area (Å²) < 4.78 is 13.0. The Bertz CT molecular complexity index is 1820. The minimum absolute atomic E-state index is 0.157. The number of ether oxygens (including phenoxy) is 2. The average molecular weight is 759 g/mol. The first kappa shape index (κ1) is 42.0. The summed E-state index contributed by atoms with van der Waals surface area (Å²) in [6, 6.07) is 25.6. The molecule has 0 saturated heterocycles. The zero-order chi connectivity index (χ0) is 40.1. The first-order chi connectivity index (χ1) is 27.0. The van der Waals surface area contributed by atoms with Crippen molar-refractivity contribution in [1.29, 1.82) is 0 Å². The van der Waals surface area contributed by atoms with E-state index in [0.717, 1.165) is 77.6 Å². The van der Waals surface area contributed by atoms with Crippen LogP contribution in [0.5, 0.6) is 17.2 Å². The van der Waals surface area contributed by atoms with E-state index in [-0.39, 0.29) is 5.41 Å². The summed E-state index contributed by atoms with van der Waals surface area (Å²) in [5, 5.41) is 0. The van der Waals surface area contributed by atoms with Gasteiger partial charge in [-0.25, -0.2) is 0 Å². The van der Waals surface area contributed by atoms with Crippen LogP contribution in [0.3, 0.4) is 0 Å². The molecule has 9 unspecified atom stereocenters. The number of nitrogen functional groups attached to an aromatic ring is 1. The number of hydrogen-bond donors (Lipinski definition) is 2. The van der Waals surface area contributed by atoms with Gasteiger partial charge in [-0.2, -0.15) is 0 Å². The van der Waals surface area contributed by atoms with Gasteiger partial charge in [0, 0.05) is 22.9 Å². The molecule has 0 heterocycles. The lowest BCUT2D eigenvalue weighted by Crippen LogP contribution is -2.55. The Kier molecular flexibility index (Phi) is 13.4. The van der Waals surface area contributed by atoms with Crippen LogP contribution in [0.15, 0.2) is 96.4 Å². The minimum Gasteiger partial charge on any atom is -0.458 e. The molecule has 4 saturated carbocycles. The van der Waals surface area contributed by atoms with Crippen molar-refractivity contribution >= 4 is 5.69 Å². The number of fused-ring (bicyclic) bond motifs is 5. The molecule has 4 N–H and O–H groups in total. The lowest BCUT2D eigenvalue weighted by atomic mass is 9.42. The molecule has 0 radical (unpaired) electrons. The molecule has 0 bridgehead atoms. The van der Waals surface area contributed by atoms with E-state index in [9.17, 15) is 0 Å². The summed E-state index contributed by atoms with van der Waals surface area (Å²) in [7, 11) is 0. The maximum Gasteiger partial charge on any atom is 0.129 e. The molecular weight excluding hydrogens is 685 g/mol. The summed E-state index contributed by atoms with van der Waals surface area (Å²) in [5.74, 6) is 8.34. The van der Waals surface area contributed by atoms with Crippen molar-refractivity contribution in [3.05, 3.63) is 108 Å². The van der Waals surface area contributed by atoms with Gasteiger partial charge < -0.3 is 20.9 Å². The van der Waals surface area contributed by atoms with Crippen LogP contribution in [0.4, 0.5) is 5.69 Å². The van der Waals surface area contributed by atoms with Gasteiger partial charge in [-0.3, -0.25) is 0 Å². The molecule has 4 aliphatic carbocycles. The van der Waals surface area contributed by atoms with Crippen LogP contribution >= 0.6 is 0 Å². The third-order valence-corrected chi connectivity index (χ3v) is 15.4. The predicted molar refractivity (Wildman–Crippen MR) is 237 cm³/mol. The molecule has 4 aliphatic rings. The van der Waals surface area contributed by atoms with Crippen LogP contribution in [-0.4, -0.2) is 0 Å². The van der Waals surface area contributed by atoms with Gasteiger partial charge in [0.1, 0.15) is 23.0 Å². The predicted octanol–water partition coefficient (Wildman–Crippen LogP) is 14.4. The summed E-state index contributed by atoms with van der Waals surface area (Å²) >= 11 is 0. The lowest BCUT2D eigenvalue weighted by Gasteiger charge is -2.63. The molecule has 4 heteroatoms. The number of benzene rings is 3. The molecule has 4 nitrogen and oxygen atoms in total. The quantitative estimate of drug-likeness (QED) is 0.110. The Balaban J connectivity index is 0.00000262. The Labute approximate surface area is 340 Å². The van der Waals surface area contributed by atoms with Gasteiger partial charge in [0.05, 0.1) is 0 Å². The van der Waals surface area contributed by atoms with Crippen LogP contribution in [-0.2, 0) is 5.41 Å². The van der Waals surface area contributed by atoms with Crippen LogP contribution in [0, 0.1) is 46.3 Å². The zero-order valence-electron chi connectivity index (χ0n) is 36.2. The smallest absolute Gasteiger partial charge is 0.129 e. The number of hydrogen-bond acceptors (Lipinski definition) is 4. The van der Waals surface area contributed by atoms with E-state index in [1.807, 2.05) is 51.1 Å². The monoisotopic (exact) mass is 759 g/mol. The highest BCUT2D eigenvalue weighted by atomic mass is 16.5. The summed E-state index contributed by atoms with van der Waals surface area (Å²) in [4.78, 5) is 0. The molecule has 304 valence electrons. The van der Waals surface area contributed by atoms with E-state index < -0.39 is 0 Å². The second-order valence-electron chi connectivity index (χ2n) is 18.5. The van der Waals surface area contributed by atoms with Crippen LogP contribution in [0.1, 0.15) is 150 Å². The van der Waals surface area contributed by atoms with Crippen molar-refractivity contribution < 1.29 is 9.47 Å². The van der Waals surface area contributed by atoms with Gasteiger partial charge in [0.15, 0.2) is 0 Å². The van der Waals surface area contributed by atoms with Crippen molar-refractivity contribution in [3.63, 3.8) is 0 Å². The first-order valence-corrected chi connectivity index (χ1v) is 22.6. The fourth-order valence-electron chi connectivity index (χ4n) is 12.8. The van der Waals surface area contributed by atoms with Crippen molar-refractivity contribution in [2.45, 2.75) is 144 Å². The van der Waals surface area contributed by atoms with Crippen molar-refractivity contribution in [2.24, 2.45) is 52.1 Å². The van der Waals surface area contributed by atoms with Gasteiger partial charge in [-0.1, -0.05) is 98.1 Å². The van der Waals surface area contributed by atoms with E-state index in [0.29, 0.717) is 22.4 Å². The molecule has 0 aliphatic heterocycles. The van der Waals surface area contributed by atoms with E-state index in [4.69, 9.17) is 20.9 Å². The summed E-state index contributed by atoms with van der Waals surface area (Å²) in [6.07, 6.45) is 21.1. The summed E-state index contributed by atoms with van der Waals surface area (Å²) in [6.45, 7) is 18.4. The molecule has 7 rings (SSSR count). The van der Waals surface area contributed by atoms with E-state index in [2.05, 4.69) is 89.2 Å². The Hall–Kier alpha value is -3.66. The molecule has 0 aromatic heterocycles. The van der Waals surface area contributed by atoms with Gasteiger partial charge in [-0.05, 0) is 177 Å².